The first-order valence-corrected chi connectivity index (χ1v) is 22.5. The van der Waals surface area contributed by atoms with E-state index in [4.69, 9.17) is 14.2 Å². The van der Waals surface area contributed by atoms with Crippen molar-refractivity contribution in [2.75, 3.05) is 13.2 Å². The molecule has 0 amide bonds. The summed E-state index contributed by atoms with van der Waals surface area (Å²) in [6.07, 6.45) is 40.9. The van der Waals surface area contributed by atoms with Gasteiger partial charge in [-0.25, -0.2) is 0 Å². The Labute approximate surface area is 317 Å². The van der Waals surface area contributed by atoms with Gasteiger partial charge in [-0.15, -0.1) is 0 Å². The molecule has 0 saturated carbocycles. The largest absolute Gasteiger partial charge is 0.462 e. The van der Waals surface area contributed by atoms with Crippen molar-refractivity contribution in [2.45, 2.75) is 258 Å². The molecular formula is C45H86O6. The van der Waals surface area contributed by atoms with E-state index >= 15 is 0 Å². The third-order valence-corrected chi connectivity index (χ3v) is 10.1. The van der Waals surface area contributed by atoms with E-state index in [1.54, 1.807) is 0 Å². The van der Waals surface area contributed by atoms with Crippen LogP contribution in [0.2, 0.25) is 0 Å². The van der Waals surface area contributed by atoms with Crippen LogP contribution in [0.15, 0.2) is 0 Å². The van der Waals surface area contributed by atoms with E-state index in [0.717, 1.165) is 57.8 Å². The molecule has 0 spiro atoms. The Bertz CT molecular complexity index is 753. The van der Waals surface area contributed by atoms with Gasteiger partial charge in [-0.2, -0.15) is 0 Å². The summed E-state index contributed by atoms with van der Waals surface area (Å²) in [5.41, 5.74) is 0. The van der Waals surface area contributed by atoms with Crippen LogP contribution in [0.5, 0.6) is 0 Å². The lowest BCUT2D eigenvalue weighted by Crippen LogP contribution is -2.30. The highest BCUT2D eigenvalue weighted by molar-refractivity contribution is 5.71. The lowest BCUT2D eigenvalue weighted by molar-refractivity contribution is -0.167. The lowest BCUT2D eigenvalue weighted by Gasteiger charge is -2.18. The minimum absolute atomic E-state index is 0.0634. The van der Waals surface area contributed by atoms with Crippen molar-refractivity contribution in [3.63, 3.8) is 0 Å². The second-order valence-electron chi connectivity index (χ2n) is 15.3. The summed E-state index contributed by atoms with van der Waals surface area (Å²) in [5, 5.41) is 0. The summed E-state index contributed by atoms with van der Waals surface area (Å²) in [5.74, 6) is -0.860. The van der Waals surface area contributed by atoms with Gasteiger partial charge in [0.2, 0.25) is 0 Å². The summed E-state index contributed by atoms with van der Waals surface area (Å²) in [4.78, 5) is 37.5. The molecule has 302 valence electrons. The van der Waals surface area contributed by atoms with Crippen molar-refractivity contribution in [2.24, 2.45) is 0 Å². The molecule has 0 heterocycles. The average Bonchev–Trinajstić information content (AvgIpc) is 3.12. The van der Waals surface area contributed by atoms with Crippen molar-refractivity contribution in [1.29, 1.82) is 0 Å². The maximum absolute atomic E-state index is 12.6. The van der Waals surface area contributed by atoms with Gasteiger partial charge in [0, 0.05) is 19.3 Å². The molecule has 1 atom stereocenters. The molecule has 0 aromatic rings. The fourth-order valence-electron chi connectivity index (χ4n) is 6.68. The van der Waals surface area contributed by atoms with Crippen LogP contribution >= 0.6 is 0 Å². The van der Waals surface area contributed by atoms with Crippen molar-refractivity contribution >= 4 is 17.9 Å². The minimum atomic E-state index is -0.756. The van der Waals surface area contributed by atoms with Gasteiger partial charge >= 0.3 is 17.9 Å². The zero-order valence-electron chi connectivity index (χ0n) is 34.4. The molecule has 0 aliphatic carbocycles. The van der Waals surface area contributed by atoms with Crippen LogP contribution in [-0.2, 0) is 28.6 Å². The Morgan fingerprint density at radius 1 is 0.314 bits per heavy atom. The number of ether oxygens (including phenoxy) is 3. The second kappa shape index (κ2) is 41.2. The average molecular weight is 723 g/mol. The molecule has 6 nitrogen and oxygen atoms in total. The zero-order valence-corrected chi connectivity index (χ0v) is 34.4. The molecule has 51 heavy (non-hydrogen) atoms. The highest BCUT2D eigenvalue weighted by Crippen LogP contribution is 2.16. The van der Waals surface area contributed by atoms with Gasteiger partial charge in [-0.05, 0) is 19.3 Å². The first-order chi connectivity index (χ1) is 25.0. The molecule has 0 fully saturated rings. The van der Waals surface area contributed by atoms with E-state index in [-0.39, 0.29) is 31.1 Å². The molecule has 0 bridgehead atoms. The molecule has 0 rings (SSSR count). The Kier molecular flexibility index (Phi) is 39.9. The monoisotopic (exact) mass is 723 g/mol. The summed E-state index contributed by atoms with van der Waals surface area (Å²) in [6.45, 7) is 6.60. The van der Waals surface area contributed by atoms with Crippen LogP contribution in [0.4, 0.5) is 0 Å². The van der Waals surface area contributed by atoms with Crippen molar-refractivity contribution in [3.05, 3.63) is 0 Å². The standard InChI is InChI=1S/C45H86O6/c1-4-7-10-13-16-18-20-21-22-23-25-27-30-32-35-38-44(47)50-41-42(51-45(48)39-36-33-28-15-12-9-6-3)40-49-43(46)37-34-31-29-26-24-19-17-14-11-8-5-2/h42H,4-41H2,1-3H3/t42-/m0/s1. The van der Waals surface area contributed by atoms with Gasteiger partial charge < -0.3 is 14.2 Å². The molecule has 0 aliphatic heterocycles. The van der Waals surface area contributed by atoms with Gasteiger partial charge in [0.05, 0.1) is 0 Å². The minimum Gasteiger partial charge on any atom is -0.462 e. The highest BCUT2D eigenvalue weighted by Gasteiger charge is 2.19. The third-order valence-electron chi connectivity index (χ3n) is 10.1. The predicted octanol–water partition coefficient (Wildman–Crippen LogP) is 14.1. The van der Waals surface area contributed by atoms with Gasteiger partial charge in [0.25, 0.3) is 0 Å². The fourth-order valence-corrected chi connectivity index (χ4v) is 6.68. The van der Waals surface area contributed by atoms with Crippen molar-refractivity contribution < 1.29 is 28.6 Å². The number of unbranched alkanes of at least 4 members (excludes halogenated alkanes) is 30. The van der Waals surface area contributed by atoms with Gasteiger partial charge in [-0.3, -0.25) is 14.4 Å². The van der Waals surface area contributed by atoms with Crippen LogP contribution < -0.4 is 0 Å². The van der Waals surface area contributed by atoms with E-state index in [2.05, 4.69) is 20.8 Å². The zero-order chi connectivity index (χ0) is 37.3. The molecular weight excluding hydrogens is 636 g/mol. The smallest absolute Gasteiger partial charge is 0.306 e. The van der Waals surface area contributed by atoms with E-state index in [1.807, 2.05) is 0 Å². The number of hydrogen-bond acceptors (Lipinski definition) is 6. The summed E-state index contributed by atoms with van der Waals surface area (Å²) in [6, 6.07) is 0. The Balaban J connectivity index is 4.21. The molecule has 6 heteroatoms. The molecule has 0 radical (unpaired) electrons. The van der Waals surface area contributed by atoms with Crippen LogP contribution in [0.1, 0.15) is 252 Å². The molecule has 0 aromatic carbocycles. The van der Waals surface area contributed by atoms with Crippen LogP contribution in [0.3, 0.4) is 0 Å². The molecule has 0 unspecified atom stereocenters. The van der Waals surface area contributed by atoms with E-state index in [9.17, 15) is 14.4 Å². The Morgan fingerprint density at radius 3 is 0.784 bits per heavy atom. The number of carbonyl (C=O) groups excluding carboxylic acids is 3. The Morgan fingerprint density at radius 2 is 0.529 bits per heavy atom. The number of rotatable bonds is 41. The highest BCUT2D eigenvalue weighted by atomic mass is 16.6. The van der Waals surface area contributed by atoms with Crippen molar-refractivity contribution in [1.82, 2.24) is 0 Å². The first-order valence-electron chi connectivity index (χ1n) is 22.5. The summed E-state index contributed by atoms with van der Waals surface area (Å²) < 4.78 is 16.6. The summed E-state index contributed by atoms with van der Waals surface area (Å²) >= 11 is 0. The fraction of sp³-hybridized carbons (Fsp3) is 0.933. The number of hydrogen-bond donors (Lipinski definition) is 0. The maximum atomic E-state index is 12.6. The van der Waals surface area contributed by atoms with Gasteiger partial charge in [-0.1, -0.05) is 213 Å². The van der Waals surface area contributed by atoms with E-state index in [0.29, 0.717) is 19.3 Å². The SMILES string of the molecule is CCCCCCCCCCCCCCCCCC(=O)OC[C@H](COC(=O)CCCCCCCCCCCCC)OC(=O)CCCCCCCCC. The molecule has 0 aromatic heterocycles. The summed E-state index contributed by atoms with van der Waals surface area (Å²) in [7, 11) is 0. The second-order valence-corrected chi connectivity index (χ2v) is 15.3. The lowest BCUT2D eigenvalue weighted by atomic mass is 10.0. The molecule has 0 aliphatic rings. The quantitative estimate of drug-likeness (QED) is 0.0355. The molecule has 0 N–H and O–H groups in total. The van der Waals surface area contributed by atoms with Crippen LogP contribution in [-0.4, -0.2) is 37.2 Å². The van der Waals surface area contributed by atoms with Crippen LogP contribution in [0.25, 0.3) is 0 Å². The normalized spacial score (nSPS) is 11.8. The van der Waals surface area contributed by atoms with Gasteiger partial charge in [0.1, 0.15) is 13.2 Å². The number of esters is 3. The topological polar surface area (TPSA) is 78.9 Å². The Hall–Kier alpha value is -1.59. The van der Waals surface area contributed by atoms with Crippen LogP contribution in [0, 0.1) is 0 Å². The first kappa shape index (κ1) is 49.4. The molecule has 0 saturated heterocycles. The third kappa shape index (κ3) is 39.5. The van der Waals surface area contributed by atoms with Crippen molar-refractivity contribution in [3.8, 4) is 0 Å². The van der Waals surface area contributed by atoms with E-state index in [1.165, 1.54) is 154 Å². The predicted molar refractivity (Wildman–Crippen MR) is 215 cm³/mol. The van der Waals surface area contributed by atoms with Gasteiger partial charge in [0.15, 0.2) is 6.10 Å². The van der Waals surface area contributed by atoms with E-state index < -0.39 is 6.10 Å². The number of carbonyl (C=O) groups is 3. The maximum Gasteiger partial charge on any atom is 0.306 e.